The zero-order valence-corrected chi connectivity index (χ0v) is 7.03. The topological polar surface area (TPSA) is 73.9 Å². The van der Waals surface area contributed by atoms with Gasteiger partial charge in [-0.3, -0.25) is 0 Å². The van der Waals surface area contributed by atoms with Gasteiger partial charge in [-0.1, -0.05) is 6.92 Å². The summed E-state index contributed by atoms with van der Waals surface area (Å²) in [6.45, 7) is 3.23. The highest BCUT2D eigenvalue weighted by atomic mass is 16.5. The molecule has 0 bridgehead atoms. The largest absolute Gasteiger partial charge is 0.382 e. The Morgan fingerprint density at radius 2 is 2.42 bits per heavy atom. The highest BCUT2D eigenvalue weighted by Crippen LogP contribution is 2.05. The van der Waals surface area contributed by atoms with Crippen LogP contribution >= 0.6 is 0 Å². The molecule has 0 atom stereocenters. The van der Waals surface area contributed by atoms with E-state index in [9.17, 15) is 0 Å². The summed E-state index contributed by atoms with van der Waals surface area (Å²) in [6.07, 6.45) is 2.56. The van der Waals surface area contributed by atoms with Crippen molar-refractivity contribution in [3.63, 3.8) is 0 Å². The van der Waals surface area contributed by atoms with Crippen molar-refractivity contribution in [2.45, 2.75) is 20.0 Å². The predicted molar refractivity (Wildman–Crippen MR) is 44.2 cm³/mol. The standard InChI is InChI=1S/C7H12N4O/c1-2-3-12-5-6-4-9-11-10-7(6)8/h4H,2-3,5H2,1H3,(H2,8,9,10). The van der Waals surface area contributed by atoms with Gasteiger partial charge in [0.05, 0.1) is 12.8 Å². The molecule has 0 amide bonds. The van der Waals surface area contributed by atoms with Gasteiger partial charge >= 0.3 is 0 Å². The molecule has 1 aromatic heterocycles. The second-order valence-electron chi connectivity index (χ2n) is 2.40. The van der Waals surface area contributed by atoms with Crippen LogP contribution in [0.25, 0.3) is 0 Å². The molecule has 2 N–H and O–H groups in total. The quantitative estimate of drug-likeness (QED) is 0.658. The van der Waals surface area contributed by atoms with Crippen LogP contribution in [0.1, 0.15) is 18.9 Å². The van der Waals surface area contributed by atoms with Crippen LogP contribution in [0.3, 0.4) is 0 Å². The molecule has 0 aromatic carbocycles. The Kier molecular flexibility index (Phi) is 3.40. The van der Waals surface area contributed by atoms with E-state index in [1.807, 2.05) is 6.92 Å². The summed E-state index contributed by atoms with van der Waals surface area (Å²) >= 11 is 0. The molecule has 0 aliphatic carbocycles. The fraction of sp³-hybridized carbons (Fsp3) is 0.571. The van der Waals surface area contributed by atoms with Crippen LogP contribution < -0.4 is 5.73 Å². The molecule has 1 aromatic rings. The number of aromatic nitrogens is 3. The summed E-state index contributed by atoms with van der Waals surface area (Å²) in [6, 6.07) is 0. The molecule has 0 aliphatic heterocycles. The summed E-state index contributed by atoms with van der Waals surface area (Å²) in [5.41, 5.74) is 6.30. The minimum atomic E-state index is 0.390. The Morgan fingerprint density at radius 1 is 1.58 bits per heavy atom. The third kappa shape index (κ3) is 2.43. The first kappa shape index (κ1) is 8.86. The van der Waals surface area contributed by atoms with Crippen molar-refractivity contribution < 1.29 is 4.74 Å². The first-order valence-corrected chi connectivity index (χ1v) is 3.85. The maximum atomic E-state index is 5.51. The lowest BCUT2D eigenvalue weighted by molar-refractivity contribution is 0.121. The maximum Gasteiger partial charge on any atom is 0.155 e. The molecule has 0 radical (unpaired) electrons. The van der Waals surface area contributed by atoms with E-state index in [2.05, 4.69) is 15.4 Å². The van der Waals surface area contributed by atoms with E-state index in [1.165, 1.54) is 0 Å². The Labute approximate surface area is 70.9 Å². The van der Waals surface area contributed by atoms with Crippen molar-refractivity contribution in [1.29, 1.82) is 0 Å². The van der Waals surface area contributed by atoms with E-state index in [1.54, 1.807) is 6.20 Å². The van der Waals surface area contributed by atoms with E-state index < -0.39 is 0 Å². The highest BCUT2D eigenvalue weighted by molar-refractivity contribution is 5.34. The van der Waals surface area contributed by atoms with E-state index in [-0.39, 0.29) is 0 Å². The van der Waals surface area contributed by atoms with Crippen molar-refractivity contribution in [1.82, 2.24) is 15.4 Å². The molecule has 0 spiro atoms. The predicted octanol–water partition coefficient (Wildman–Crippen LogP) is 0.380. The van der Waals surface area contributed by atoms with Crippen molar-refractivity contribution in [2.24, 2.45) is 0 Å². The molecule has 0 saturated carbocycles. The Hall–Kier alpha value is -1.23. The average molecular weight is 168 g/mol. The van der Waals surface area contributed by atoms with E-state index in [0.29, 0.717) is 12.4 Å². The van der Waals surface area contributed by atoms with Crippen LogP contribution in [-0.2, 0) is 11.3 Å². The number of hydrogen-bond acceptors (Lipinski definition) is 5. The van der Waals surface area contributed by atoms with E-state index in [4.69, 9.17) is 10.5 Å². The summed E-state index contributed by atoms with van der Waals surface area (Å²) < 4.78 is 5.26. The van der Waals surface area contributed by atoms with Crippen LogP contribution in [0.5, 0.6) is 0 Å². The van der Waals surface area contributed by atoms with Crippen molar-refractivity contribution in [2.75, 3.05) is 12.3 Å². The van der Waals surface area contributed by atoms with Crippen LogP contribution in [0.4, 0.5) is 5.82 Å². The van der Waals surface area contributed by atoms with Gasteiger partial charge in [-0.2, -0.15) is 0 Å². The van der Waals surface area contributed by atoms with Gasteiger partial charge in [0.1, 0.15) is 0 Å². The van der Waals surface area contributed by atoms with E-state index in [0.717, 1.165) is 18.6 Å². The van der Waals surface area contributed by atoms with Gasteiger partial charge in [0, 0.05) is 12.2 Å². The number of hydrogen-bond donors (Lipinski definition) is 1. The number of nitrogens with zero attached hydrogens (tertiary/aromatic N) is 3. The smallest absolute Gasteiger partial charge is 0.155 e. The highest BCUT2D eigenvalue weighted by Gasteiger charge is 1.99. The number of rotatable bonds is 4. The van der Waals surface area contributed by atoms with Crippen LogP contribution in [0.2, 0.25) is 0 Å². The Morgan fingerprint density at radius 3 is 3.08 bits per heavy atom. The molecular weight excluding hydrogens is 156 g/mol. The van der Waals surface area contributed by atoms with Gasteiger partial charge in [-0.15, -0.1) is 10.2 Å². The molecule has 5 heteroatoms. The zero-order chi connectivity index (χ0) is 8.81. The third-order valence-electron chi connectivity index (χ3n) is 1.35. The van der Waals surface area contributed by atoms with Crippen molar-refractivity contribution in [3.05, 3.63) is 11.8 Å². The fourth-order valence-corrected chi connectivity index (χ4v) is 0.738. The van der Waals surface area contributed by atoms with Gasteiger partial charge < -0.3 is 10.5 Å². The van der Waals surface area contributed by atoms with Crippen molar-refractivity contribution in [3.8, 4) is 0 Å². The molecule has 1 rings (SSSR count). The number of nitrogen functional groups attached to an aromatic ring is 1. The van der Waals surface area contributed by atoms with Crippen LogP contribution in [-0.4, -0.2) is 22.0 Å². The van der Waals surface area contributed by atoms with Gasteiger partial charge in [0.2, 0.25) is 0 Å². The Balaban J connectivity index is 2.46. The molecule has 0 saturated heterocycles. The zero-order valence-electron chi connectivity index (χ0n) is 7.03. The van der Waals surface area contributed by atoms with Gasteiger partial charge in [0.15, 0.2) is 5.82 Å². The summed E-state index contributed by atoms with van der Waals surface area (Å²) in [7, 11) is 0. The third-order valence-corrected chi connectivity index (χ3v) is 1.35. The summed E-state index contributed by atoms with van der Waals surface area (Å²) in [5.74, 6) is 0.390. The molecule has 12 heavy (non-hydrogen) atoms. The SMILES string of the molecule is CCCOCc1cnnnc1N. The first-order valence-electron chi connectivity index (χ1n) is 3.85. The minimum absolute atomic E-state index is 0.390. The fourth-order valence-electron chi connectivity index (χ4n) is 0.738. The first-order chi connectivity index (χ1) is 5.84. The lowest BCUT2D eigenvalue weighted by Crippen LogP contribution is -2.03. The normalized spacial score (nSPS) is 10.1. The number of nitrogens with two attached hydrogens (primary N) is 1. The molecule has 0 fully saturated rings. The van der Waals surface area contributed by atoms with Gasteiger partial charge in [-0.05, 0) is 11.6 Å². The van der Waals surface area contributed by atoms with Gasteiger partial charge in [0.25, 0.3) is 0 Å². The molecule has 66 valence electrons. The summed E-state index contributed by atoms with van der Waals surface area (Å²) in [5, 5.41) is 10.6. The number of anilines is 1. The van der Waals surface area contributed by atoms with Gasteiger partial charge in [-0.25, -0.2) is 0 Å². The molecule has 1 heterocycles. The lowest BCUT2D eigenvalue weighted by atomic mass is 10.3. The van der Waals surface area contributed by atoms with Crippen LogP contribution in [0, 0.1) is 0 Å². The van der Waals surface area contributed by atoms with Crippen molar-refractivity contribution >= 4 is 5.82 Å². The molecule has 5 nitrogen and oxygen atoms in total. The molecule has 0 aliphatic rings. The lowest BCUT2D eigenvalue weighted by Gasteiger charge is -2.02. The maximum absolute atomic E-state index is 5.51. The second-order valence-corrected chi connectivity index (χ2v) is 2.40. The molecule has 0 unspecified atom stereocenters. The summed E-state index contributed by atoms with van der Waals surface area (Å²) in [4.78, 5) is 0. The number of ether oxygens (including phenoxy) is 1. The molecular formula is C7H12N4O. The van der Waals surface area contributed by atoms with E-state index >= 15 is 0 Å². The van der Waals surface area contributed by atoms with Crippen LogP contribution in [0.15, 0.2) is 6.20 Å². The monoisotopic (exact) mass is 168 g/mol. The Bertz CT molecular complexity index is 241. The second kappa shape index (κ2) is 4.61. The minimum Gasteiger partial charge on any atom is -0.382 e. The average Bonchev–Trinajstić information content (AvgIpc) is 2.09.